The molecule has 0 radical (unpaired) electrons. The van der Waals surface area contributed by atoms with Crippen LogP contribution in [-0.2, 0) is 40.5 Å². The number of hydrogen-bond donors (Lipinski definition) is 2. The average molecular weight is 567 g/mol. The zero-order chi connectivity index (χ0) is 27.0. The van der Waals surface area contributed by atoms with Crippen LogP contribution >= 0.6 is 11.3 Å². The van der Waals surface area contributed by atoms with Gasteiger partial charge >= 0.3 is 0 Å². The molecule has 11 nitrogen and oxygen atoms in total. The zero-order valence-corrected chi connectivity index (χ0v) is 23.2. The molecule has 0 spiro atoms. The number of amides is 1. The molecule has 208 valence electrons. The van der Waals surface area contributed by atoms with E-state index in [0.29, 0.717) is 56.4 Å². The molecule has 1 amide bonds. The molecule has 2 aromatic rings. The number of aromatic nitrogens is 1. The van der Waals surface area contributed by atoms with Gasteiger partial charge in [-0.2, -0.15) is 0 Å². The number of carbonyl (C=O) groups excluding carboxylic acids is 1. The third kappa shape index (κ3) is 7.80. The van der Waals surface area contributed by atoms with Crippen molar-refractivity contribution >= 4 is 38.1 Å². The van der Waals surface area contributed by atoms with E-state index in [9.17, 15) is 13.2 Å². The molecule has 13 heteroatoms. The summed E-state index contributed by atoms with van der Waals surface area (Å²) in [7, 11) is -2.14. The first-order valence-electron chi connectivity index (χ1n) is 12.7. The molecule has 1 aromatic heterocycles. The number of anilines is 1. The topological polar surface area (TPSA) is 137 Å². The van der Waals surface area contributed by atoms with E-state index in [0.717, 1.165) is 17.7 Å². The predicted molar refractivity (Wildman–Crippen MR) is 143 cm³/mol. The molecule has 0 bridgehead atoms. The minimum atomic E-state index is -3.72. The zero-order valence-electron chi connectivity index (χ0n) is 21.6. The van der Waals surface area contributed by atoms with Gasteiger partial charge in [-0.15, -0.1) is 0 Å². The number of methoxy groups -OCH3 is 1. The number of oxime groups is 1. The van der Waals surface area contributed by atoms with Crippen LogP contribution in [0.4, 0.5) is 5.13 Å². The Kier molecular flexibility index (Phi) is 10.2. The Hall–Kier alpha value is -2.42. The van der Waals surface area contributed by atoms with E-state index in [1.807, 2.05) is 6.92 Å². The maximum atomic E-state index is 13.2. The molecule has 2 fully saturated rings. The number of carbonyl (C=O) groups is 1. The molecule has 38 heavy (non-hydrogen) atoms. The number of nitrogens with one attached hydrogen (secondary N) is 2. The van der Waals surface area contributed by atoms with E-state index >= 15 is 0 Å². The summed E-state index contributed by atoms with van der Waals surface area (Å²) in [5, 5.41) is 7.37. The fraction of sp³-hybridized carbons (Fsp3) is 0.560. The normalized spacial score (nSPS) is 20.9. The molecule has 2 N–H and O–H groups in total. The van der Waals surface area contributed by atoms with Gasteiger partial charge in [0.15, 0.2) is 10.8 Å². The lowest BCUT2D eigenvalue weighted by molar-refractivity contribution is -0.110. The molecule has 1 aromatic carbocycles. The highest BCUT2D eigenvalue weighted by Crippen LogP contribution is 2.25. The minimum Gasteiger partial charge on any atom is -0.392 e. The highest BCUT2D eigenvalue weighted by molar-refractivity contribution is 7.89. The molecule has 4 rings (SSSR count). The smallest absolute Gasteiger partial charge is 0.280 e. The number of hydrogen-bond acceptors (Lipinski definition) is 10. The monoisotopic (exact) mass is 566 g/mol. The van der Waals surface area contributed by atoms with Crippen molar-refractivity contribution in [2.45, 2.75) is 68.8 Å². The summed E-state index contributed by atoms with van der Waals surface area (Å²) in [4.78, 5) is 24.2. The van der Waals surface area contributed by atoms with Crippen LogP contribution in [0.25, 0.3) is 0 Å². The van der Waals surface area contributed by atoms with Crippen LogP contribution in [0, 0.1) is 0 Å². The van der Waals surface area contributed by atoms with Crippen molar-refractivity contribution in [3.05, 3.63) is 40.9 Å². The van der Waals surface area contributed by atoms with Gasteiger partial charge in [-0.3, -0.25) is 10.1 Å². The molecule has 2 aliphatic rings. The van der Waals surface area contributed by atoms with Gasteiger partial charge in [-0.25, -0.2) is 18.1 Å². The number of rotatable bonds is 12. The third-order valence-corrected chi connectivity index (χ3v) is 8.71. The van der Waals surface area contributed by atoms with Gasteiger partial charge in [0.05, 0.1) is 22.5 Å². The summed E-state index contributed by atoms with van der Waals surface area (Å²) in [6.07, 6.45) is 5.14. The Labute approximate surface area is 227 Å². The Balaban J connectivity index is 1.51. The molecule has 1 aliphatic carbocycles. The first kappa shape index (κ1) is 28.6. The van der Waals surface area contributed by atoms with Crippen LogP contribution in [0.3, 0.4) is 0 Å². The quantitative estimate of drug-likeness (QED) is 0.295. The lowest BCUT2D eigenvalue weighted by Crippen LogP contribution is -2.38. The van der Waals surface area contributed by atoms with E-state index in [-0.39, 0.29) is 28.9 Å². The SMILES string of the molecule is CCO[C@@H]1CC[C@@H](O/N=C(/C(=O)Nc2ncc(COC)s2)c2ccc(S(=O)(=O)NC3CCOCC3)cc2)C1. The van der Waals surface area contributed by atoms with Gasteiger partial charge in [0.25, 0.3) is 5.91 Å². The van der Waals surface area contributed by atoms with Gasteiger partial charge in [0.1, 0.15) is 6.10 Å². The Morgan fingerprint density at radius 2 is 1.89 bits per heavy atom. The van der Waals surface area contributed by atoms with Crippen molar-refractivity contribution in [1.29, 1.82) is 0 Å². The maximum absolute atomic E-state index is 13.2. The van der Waals surface area contributed by atoms with Crippen LogP contribution in [0.1, 0.15) is 49.5 Å². The van der Waals surface area contributed by atoms with Crippen LogP contribution < -0.4 is 10.0 Å². The first-order chi connectivity index (χ1) is 18.4. The van der Waals surface area contributed by atoms with Crippen molar-refractivity contribution in [2.24, 2.45) is 5.16 Å². The van der Waals surface area contributed by atoms with Crippen LogP contribution in [-0.4, -0.2) is 70.2 Å². The van der Waals surface area contributed by atoms with Gasteiger partial charge in [-0.05, 0) is 44.7 Å². The van der Waals surface area contributed by atoms with Crippen LogP contribution in [0.15, 0.2) is 40.5 Å². The third-order valence-electron chi connectivity index (χ3n) is 6.29. The number of ether oxygens (including phenoxy) is 3. The molecule has 2 heterocycles. The second-order valence-corrected chi connectivity index (χ2v) is 11.9. The minimum absolute atomic E-state index is 0.0229. The number of thiazole rings is 1. The fourth-order valence-electron chi connectivity index (χ4n) is 4.36. The Bertz CT molecular complexity index is 1190. The van der Waals surface area contributed by atoms with E-state index in [1.165, 1.54) is 23.5 Å². The van der Waals surface area contributed by atoms with E-state index in [1.54, 1.807) is 25.4 Å². The van der Waals surface area contributed by atoms with Gasteiger partial charge < -0.3 is 19.0 Å². The van der Waals surface area contributed by atoms with Gasteiger partial charge in [0, 0.05) is 51.2 Å². The lowest BCUT2D eigenvalue weighted by Gasteiger charge is -2.23. The Morgan fingerprint density at radius 3 is 2.61 bits per heavy atom. The summed E-state index contributed by atoms with van der Waals surface area (Å²) < 4.78 is 44.6. The maximum Gasteiger partial charge on any atom is 0.280 e. The number of nitrogens with zero attached hydrogens (tertiary/aromatic N) is 2. The van der Waals surface area contributed by atoms with Crippen molar-refractivity contribution in [3.63, 3.8) is 0 Å². The number of sulfonamides is 1. The van der Waals surface area contributed by atoms with Crippen molar-refractivity contribution in [3.8, 4) is 0 Å². The predicted octanol–water partition coefficient (Wildman–Crippen LogP) is 3.06. The van der Waals surface area contributed by atoms with Crippen molar-refractivity contribution < 1.29 is 32.3 Å². The standard InChI is InChI=1S/C25H34N4O7S2/c1-3-35-19-6-7-20(14-19)36-28-23(24(30)27-25-26-15-21(37-25)16-33-2)17-4-8-22(9-5-17)38(31,32)29-18-10-12-34-13-11-18/h4-5,8-9,15,18-20,29H,3,6-7,10-14,16H2,1-2H3,(H,26,27,30)/b28-23+/t19-,20-/m1/s1. The summed E-state index contributed by atoms with van der Waals surface area (Å²) in [6, 6.07) is 5.85. The number of benzene rings is 1. The molecule has 1 saturated carbocycles. The van der Waals surface area contributed by atoms with Crippen molar-refractivity contribution in [2.75, 3.05) is 32.2 Å². The molecule has 0 unspecified atom stereocenters. The lowest BCUT2D eigenvalue weighted by atomic mass is 10.1. The second kappa shape index (κ2) is 13.6. The van der Waals surface area contributed by atoms with E-state index in [2.05, 4.69) is 20.2 Å². The molecular weight excluding hydrogens is 532 g/mol. The Morgan fingerprint density at radius 1 is 1.16 bits per heavy atom. The first-order valence-corrected chi connectivity index (χ1v) is 15.0. The summed E-state index contributed by atoms with van der Waals surface area (Å²) >= 11 is 1.29. The van der Waals surface area contributed by atoms with E-state index < -0.39 is 15.9 Å². The summed E-state index contributed by atoms with van der Waals surface area (Å²) in [5.41, 5.74) is 0.440. The summed E-state index contributed by atoms with van der Waals surface area (Å²) in [6.45, 7) is 4.03. The molecule has 1 saturated heterocycles. The van der Waals surface area contributed by atoms with Crippen LogP contribution in [0.2, 0.25) is 0 Å². The van der Waals surface area contributed by atoms with Crippen LogP contribution in [0.5, 0.6) is 0 Å². The molecule has 1 aliphatic heterocycles. The van der Waals surface area contributed by atoms with Gasteiger partial charge in [0.2, 0.25) is 10.0 Å². The molecule has 2 atom stereocenters. The van der Waals surface area contributed by atoms with E-state index in [4.69, 9.17) is 19.0 Å². The van der Waals surface area contributed by atoms with Crippen molar-refractivity contribution in [1.82, 2.24) is 9.71 Å². The fourth-order valence-corrected chi connectivity index (χ4v) is 6.45. The average Bonchev–Trinajstić information content (AvgIpc) is 3.54. The largest absolute Gasteiger partial charge is 0.392 e. The second-order valence-electron chi connectivity index (χ2n) is 9.11. The van der Waals surface area contributed by atoms with Gasteiger partial charge in [-0.1, -0.05) is 28.6 Å². The summed E-state index contributed by atoms with van der Waals surface area (Å²) in [5.74, 6) is -0.515. The highest BCUT2D eigenvalue weighted by Gasteiger charge is 2.28. The molecular formula is C25H34N4O7S2. The highest BCUT2D eigenvalue weighted by atomic mass is 32.2.